The van der Waals surface area contributed by atoms with E-state index in [4.69, 9.17) is 0 Å². The van der Waals surface area contributed by atoms with Crippen molar-refractivity contribution in [3.63, 3.8) is 0 Å². The van der Waals surface area contributed by atoms with Gasteiger partial charge in [-0.25, -0.2) is 13.7 Å². The van der Waals surface area contributed by atoms with Gasteiger partial charge in [-0.05, 0) is 61.4 Å². The van der Waals surface area contributed by atoms with Crippen molar-refractivity contribution in [2.24, 2.45) is 21.1 Å². The van der Waals surface area contributed by atoms with Gasteiger partial charge in [0.2, 0.25) is 0 Å². The number of para-hydroxylation sites is 4. The number of nitrogens with zero attached hydrogens (tertiary/aromatic N) is 5. The van der Waals surface area contributed by atoms with Crippen molar-refractivity contribution in [2.45, 2.75) is 96.9 Å². The maximum absolute atomic E-state index is 2.36. The number of rotatable bonds is 2. The van der Waals surface area contributed by atoms with Crippen LogP contribution in [-0.2, 0) is 21.1 Å². The highest BCUT2D eigenvalue weighted by Gasteiger charge is 2.24. The summed E-state index contributed by atoms with van der Waals surface area (Å²) in [5, 5.41) is 5.20. The van der Waals surface area contributed by atoms with Crippen LogP contribution in [0.2, 0.25) is 0 Å². The predicted octanol–water partition coefficient (Wildman–Crippen LogP) is 13.3. The van der Waals surface area contributed by atoms with Gasteiger partial charge < -0.3 is 0 Å². The van der Waals surface area contributed by atoms with E-state index in [2.05, 4.69) is 180 Å². The summed E-state index contributed by atoms with van der Waals surface area (Å²) < 4.78 is 11.2. The fourth-order valence-corrected chi connectivity index (χ4v) is 6.46. The average molecular weight is 730 g/mol. The van der Waals surface area contributed by atoms with Crippen molar-refractivity contribution in [3.05, 3.63) is 133 Å². The summed E-state index contributed by atoms with van der Waals surface area (Å²) in [4.78, 5) is 0. The molecule has 8 aromatic rings. The standard InChI is InChI=1S/C19H17N2.C18H18N3.6C2H6/c1-14-8-3-5-11-17(14)21-18-12-6-4-9-15(18)16-10-7-13-20(2)19(16)21;1-13-7-6-9-15-14-8-4-5-10-16(14)21(17(13)15)18-19(2)11-12-20(18)3;6*1-2/h3-13H,1-2H3;4-12H,1-3H3;6*1-2H3/q2*+1;;;;;;. The summed E-state index contributed by atoms with van der Waals surface area (Å²) in [7, 11) is 6.29. The summed E-state index contributed by atoms with van der Waals surface area (Å²) in [6.45, 7) is 28.3. The van der Waals surface area contributed by atoms with Crippen molar-refractivity contribution in [1.82, 2.24) is 13.7 Å². The second-order valence-corrected chi connectivity index (χ2v) is 11.1. The molecule has 0 unspecified atom stereocenters. The zero-order valence-corrected chi connectivity index (χ0v) is 36.8. The van der Waals surface area contributed by atoms with Gasteiger partial charge in [0.15, 0.2) is 0 Å². The number of aryl methyl sites for hydroxylation is 5. The topological polar surface area (TPSA) is 22.5 Å². The molecule has 0 aliphatic carbocycles. The first kappa shape index (κ1) is 46.9. The molecule has 0 saturated carbocycles. The van der Waals surface area contributed by atoms with Gasteiger partial charge >= 0.3 is 5.95 Å². The Morgan fingerprint density at radius 2 is 0.889 bits per heavy atom. The van der Waals surface area contributed by atoms with Gasteiger partial charge in [-0.2, -0.15) is 9.13 Å². The Morgan fingerprint density at radius 3 is 1.44 bits per heavy atom. The van der Waals surface area contributed by atoms with Gasteiger partial charge in [0.05, 0.1) is 45.1 Å². The molecule has 0 aliphatic rings. The van der Waals surface area contributed by atoms with Gasteiger partial charge in [0.1, 0.15) is 22.2 Å². The maximum atomic E-state index is 2.36. The minimum atomic E-state index is 1.16. The fourth-order valence-electron chi connectivity index (χ4n) is 6.46. The first-order valence-corrected chi connectivity index (χ1v) is 20.4. The van der Waals surface area contributed by atoms with Gasteiger partial charge in [-0.15, -0.1) is 0 Å². The number of pyridine rings is 1. The first-order chi connectivity index (χ1) is 26.5. The van der Waals surface area contributed by atoms with Crippen LogP contribution < -0.4 is 9.13 Å². The van der Waals surface area contributed by atoms with E-state index in [1.54, 1.807) is 0 Å². The lowest BCUT2D eigenvalue weighted by molar-refractivity contribution is -0.664. The third-order valence-corrected chi connectivity index (χ3v) is 8.39. The monoisotopic (exact) mass is 730 g/mol. The van der Waals surface area contributed by atoms with Crippen LogP contribution in [0.25, 0.3) is 55.4 Å². The van der Waals surface area contributed by atoms with Crippen LogP contribution in [0.15, 0.2) is 122 Å². The van der Waals surface area contributed by atoms with Gasteiger partial charge in [-0.3, -0.25) is 0 Å². The van der Waals surface area contributed by atoms with E-state index in [1.807, 2.05) is 83.1 Å². The molecule has 4 aromatic heterocycles. The highest BCUT2D eigenvalue weighted by Crippen LogP contribution is 2.33. The third-order valence-electron chi connectivity index (χ3n) is 8.39. The molecule has 0 N–H and O–H groups in total. The van der Waals surface area contributed by atoms with Crippen LogP contribution in [0, 0.1) is 13.8 Å². The normalized spacial score (nSPS) is 9.57. The summed E-state index contributed by atoms with van der Waals surface area (Å²) in [6, 6.07) is 36.6. The van der Waals surface area contributed by atoms with Crippen LogP contribution >= 0.6 is 0 Å². The highest BCUT2D eigenvalue weighted by atomic mass is 15.3. The average Bonchev–Trinajstić information content (AvgIpc) is 3.89. The lowest BCUT2D eigenvalue weighted by Gasteiger charge is -2.04. The summed E-state index contributed by atoms with van der Waals surface area (Å²) >= 11 is 0. The van der Waals surface area contributed by atoms with E-state index >= 15 is 0 Å². The number of fused-ring (bicyclic) bond motifs is 6. The van der Waals surface area contributed by atoms with Crippen LogP contribution in [-0.4, -0.2) is 13.7 Å². The molecule has 54 heavy (non-hydrogen) atoms. The van der Waals surface area contributed by atoms with Gasteiger partial charge in [0, 0.05) is 16.2 Å². The molecule has 0 saturated heterocycles. The Bertz CT molecular complexity index is 2240. The minimum absolute atomic E-state index is 1.16. The van der Waals surface area contributed by atoms with Crippen molar-refractivity contribution < 1.29 is 9.13 Å². The molecular weight excluding hydrogens is 659 g/mol. The Hall–Kier alpha value is -5.16. The molecule has 4 aromatic carbocycles. The molecule has 0 bridgehead atoms. The molecule has 4 heterocycles. The van der Waals surface area contributed by atoms with Crippen LogP contribution in [0.3, 0.4) is 0 Å². The Morgan fingerprint density at radius 1 is 0.426 bits per heavy atom. The molecule has 0 radical (unpaired) electrons. The molecular formula is C49H71N5+2. The van der Waals surface area contributed by atoms with Crippen molar-refractivity contribution in [1.29, 1.82) is 0 Å². The Kier molecular flexibility index (Phi) is 21.0. The lowest BCUT2D eigenvalue weighted by atomic mass is 10.1. The number of benzene rings is 4. The minimum Gasteiger partial charge on any atom is -0.237 e. The first-order valence-electron chi connectivity index (χ1n) is 20.4. The van der Waals surface area contributed by atoms with E-state index in [-0.39, 0.29) is 0 Å². The summed E-state index contributed by atoms with van der Waals surface area (Å²) in [5.74, 6) is 1.16. The number of imidazole rings is 1. The SMILES string of the molecule is CC.CC.CC.CC.CC.CC.Cc1cccc2c3ccccc3n(-c3n(C)cc[n+]3C)c12.Cc1ccccc1-n1c2ccccc2c2ccc[n+](C)c21. The molecule has 8 rings (SSSR count). The van der Waals surface area contributed by atoms with E-state index in [1.165, 1.54) is 60.6 Å². The molecule has 0 spiro atoms. The van der Waals surface area contributed by atoms with E-state index in [0.29, 0.717) is 0 Å². The molecule has 0 fully saturated rings. The molecule has 0 amide bonds. The van der Waals surface area contributed by atoms with Crippen LogP contribution in [0.5, 0.6) is 0 Å². The molecule has 0 atom stereocenters. The molecule has 290 valence electrons. The zero-order valence-electron chi connectivity index (χ0n) is 36.8. The van der Waals surface area contributed by atoms with Crippen LogP contribution in [0.1, 0.15) is 94.2 Å². The lowest BCUT2D eigenvalue weighted by Crippen LogP contribution is -2.32. The fraction of sp³-hybridized carbons (Fsp3) is 0.347. The number of hydrogen-bond donors (Lipinski definition) is 0. The van der Waals surface area contributed by atoms with Gasteiger partial charge in [0.25, 0.3) is 5.65 Å². The summed E-state index contributed by atoms with van der Waals surface area (Å²) in [5.41, 5.74) is 8.84. The molecule has 0 aliphatic heterocycles. The number of aromatic nitrogens is 5. The maximum Gasteiger partial charge on any atom is 0.369 e. The Balaban J connectivity index is 0.000000424. The third kappa shape index (κ3) is 9.68. The van der Waals surface area contributed by atoms with Gasteiger partial charge in [-0.1, -0.05) is 150 Å². The largest absolute Gasteiger partial charge is 0.369 e. The quantitative estimate of drug-likeness (QED) is 0.158. The summed E-state index contributed by atoms with van der Waals surface area (Å²) in [6.07, 6.45) is 6.29. The second kappa shape index (κ2) is 24.2. The smallest absolute Gasteiger partial charge is 0.237 e. The van der Waals surface area contributed by atoms with Crippen molar-refractivity contribution in [2.75, 3.05) is 0 Å². The Labute approximate surface area is 328 Å². The van der Waals surface area contributed by atoms with E-state index in [9.17, 15) is 0 Å². The second-order valence-electron chi connectivity index (χ2n) is 11.1. The molecule has 5 nitrogen and oxygen atoms in total. The molecule has 5 heteroatoms. The van der Waals surface area contributed by atoms with Crippen LogP contribution in [0.4, 0.5) is 0 Å². The predicted molar refractivity (Wildman–Crippen MR) is 240 cm³/mol. The number of hydrogen-bond acceptors (Lipinski definition) is 0. The highest BCUT2D eigenvalue weighted by molar-refractivity contribution is 6.10. The van der Waals surface area contributed by atoms with Crippen molar-refractivity contribution in [3.8, 4) is 11.6 Å². The van der Waals surface area contributed by atoms with E-state index in [0.717, 1.165) is 5.95 Å². The van der Waals surface area contributed by atoms with E-state index < -0.39 is 0 Å². The zero-order chi connectivity index (χ0) is 41.0. The van der Waals surface area contributed by atoms with Crippen molar-refractivity contribution >= 4 is 43.7 Å².